The second-order valence-corrected chi connectivity index (χ2v) is 27.7. The third kappa shape index (κ3) is 18.5. The molecule has 3 aliphatic rings. The third-order valence-electron chi connectivity index (χ3n) is 18.3. The van der Waals surface area contributed by atoms with Crippen LogP contribution in [0.4, 0.5) is 0 Å². The molecule has 0 aromatic rings. The van der Waals surface area contributed by atoms with Gasteiger partial charge in [0, 0.05) is 69.0 Å². The molecule has 0 radical (unpaired) electrons. The van der Waals surface area contributed by atoms with E-state index in [9.17, 15) is 38.7 Å². The van der Waals surface area contributed by atoms with Crippen LogP contribution in [-0.2, 0) is 57.5 Å². The molecule has 14 atom stereocenters. The maximum Gasteiger partial charge on any atom is 0.266 e. The van der Waals surface area contributed by atoms with Crippen molar-refractivity contribution >= 4 is 65.0 Å². The lowest BCUT2D eigenvalue weighted by atomic mass is 9.91. The van der Waals surface area contributed by atoms with Crippen molar-refractivity contribution in [2.45, 2.75) is 228 Å². The van der Waals surface area contributed by atoms with Crippen LogP contribution in [0.3, 0.4) is 0 Å². The number of hydrogen-bond donors (Lipinski definition) is 4. The van der Waals surface area contributed by atoms with Crippen molar-refractivity contribution in [2.24, 2.45) is 41.4 Å². The van der Waals surface area contributed by atoms with Gasteiger partial charge in [0.05, 0.1) is 12.2 Å². The number of rotatable bonds is 17. The van der Waals surface area contributed by atoms with E-state index in [1.54, 1.807) is 68.6 Å². The third-order valence-corrected chi connectivity index (χ3v) is 18.3. The van der Waals surface area contributed by atoms with E-state index in [1.807, 2.05) is 47.6 Å². The van der Waals surface area contributed by atoms with E-state index in [2.05, 4.69) is 20.9 Å². The van der Waals surface area contributed by atoms with E-state index in [0.29, 0.717) is 26.1 Å². The molecule has 90 heavy (non-hydrogen) atoms. The zero-order valence-electron chi connectivity index (χ0n) is 58.7. The predicted octanol–water partition coefficient (Wildman–Crippen LogP) is 2.59. The van der Waals surface area contributed by atoms with Gasteiger partial charge in [0.1, 0.15) is 66.5 Å². The van der Waals surface area contributed by atoms with Gasteiger partial charge in [-0.1, -0.05) is 102 Å². The first-order valence-corrected chi connectivity index (χ1v) is 32.5. The number of likely N-dealkylation sites (tertiary alicyclic amines) is 1. The highest BCUT2D eigenvalue weighted by atomic mass is 16.5. The van der Waals surface area contributed by atoms with Gasteiger partial charge < -0.3 is 55.2 Å². The Hall–Kier alpha value is -6.21. The second kappa shape index (κ2) is 33.9. The van der Waals surface area contributed by atoms with Crippen LogP contribution in [0, 0.1) is 41.4 Å². The summed E-state index contributed by atoms with van der Waals surface area (Å²) in [6.45, 7) is 30.9. The summed E-state index contributed by atoms with van der Waals surface area (Å²) in [5, 5.41) is 22.9. The lowest BCUT2D eigenvalue weighted by Gasteiger charge is -2.53. The number of methoxy groups -OCH3 is 1. The van der Waals surface area contributed by atoms with Crippen LogP contribution < -0.4 is 16.0 Å². The number of allylic oxidation sites excluding steroid dienone is 2. The first kappa shape index (κ1) is 78.0. The lowest BCUT2D eigenvalue weighted by molar-refractivity contribution is -0.211. The Balaban J connectivity index is 2.39. The molecule has 0 aliphatic carbocycles. The molecule has 11 amide bonds. The van der Waals surface area contributed by atoms with Crippen molar-refractivity contribution in [1.29, 1.82) is 0 Å². The van der Waals surface area contributed by atoms with Crippen LogP contribution >= 0.6 is 0 Å². The summed E-state index contributed by atoms with van der Waals surface area (Å²) in [5.74, 6) is -10.5. The normalized spacial score (nSPS) is 28.7. The Morgan fingerprint density at radius 1 is 0.511 bits per heavy atom. The maximum absolute atomic E-state index is 15.3. The molecule has 0 spiro atoms. The van der Waals surface area contributed by atoms with Crippen molar-refractivity contribution < 1.29 is 62.6 Å². The molecule has 3 aliphatic heterocycles. The molecular weight excluding hydrogens is 1160 g/mol. The molecule has 25 heteroatoms. The van der Waals surface area contributed by atoms with E-state index < -0.39 is 161 Å². The number of hydrogen-bond acceptors (Lipinski definition) is 14. The molecule has 25 nitrogen and oxygen atoms in total. The standard InChI is InChI=1S/C65H114N12O13/c1-25-27-28-40(13)54(78)53-57(81)67-46(26-2)61(85)69(18)43(16)59(83)73(22)52(41(14)32-75-33-45(34-75)90-24)56(80)68-50(38(9)10)64(88)70(19)47(29-35(3)4)55(79)66-42(15)58(82)76-44(17)60(84)77(76)49(31-37(7)8)63(87)71(20)48(30-36(5)6)62(86)72(21)51(39(11)12)65(89)74(53)23/h25,27,35-54,78H,26,28-34H2,1-24H3,(H,66,79)(H,67,81)(H,68,80)/b27-25+/t40-,41-,42+,43-,44-,46+,47+,48+,49+,50+,51+,52+,53+,54-/m1/s1. The van der Waals surface area contributed by atoms with Crippen LogP contribution in [0.15, 0.2) is 12.2 Å². The summed E-state index contributed by atoms with van der Waals surface area (Å²) in [6, 6.07) is -14.0. The number of likely N-dealkylation sites (N-methyl/N-ethyl adjacent to an activating group) is 6. The summed E-state index contributed by atoms with van der Waals surface area (Å²) < 4.78 is 5.52. The molecule has 0 bridgehead atoms. The summed E-state index contributed by atoms with van der Waals surface area (Å²) in [6.07, 6.45) is 2.63. The van der Waals surface area contributed by atoms with Crippen molar-refractivity contribution in [1.82, 2.24) is 60.3 Å². The molecular formula is C65H114N12O13. The highest BCUT2D eigenvalue weighted by Gasteiger charge is 2.54. The minimum atomic E-state index is -1.64. The van der Waals surface area contributed by atoms with Gasteiger partial charge in [-0.3, -0.25) is 57.6 Å². The van der Waals surface area contributed by atoms with Crippen LogP contribution in [0.2, 0.25) is 0 Å². The fourth-order valence-corrected chi connectivity index (χ4v) is 12.5. The Morgan fingerprint density at radius 3 is 1.50 bits per heavy atom. The molecule has 3 saturated heterocycles. The highest BCUT2D eigenvalue weighted by molar-refractivity contribution is 6.02. The number of aliphatic hydroxyl groups excluding tert-OH is 1. The number of ether oxygens (including phenoxy) is 1. The van der Waals surface area contributed by atoms with Crippen molar-refractivity contribution in [3.05, 3.63) is 12.2 Å². The van der Waals surface area contributed by atoms with Gasteiger partial charge in [-0.15, -0.1) is 0 Å². The van der Waals surface area contributed by atoms with Crippen LogP contribution in [0.25, 0.3) is 0 Å². The number of amides is 11. The van der Waals surface area contributed by atoms with Crippen LogP contribution in [0.1, 0.15) is 150 Å². The molecule has 512 valence electrons. The van der Waals surface area contributed by atoms with Gasteiger partial charge in [0.2, 0.25) is 53.2 Å². The first-order chi connectivity index (χ1) is 41.7. The minimum Gasteiger partial charge on any atom is -0.390 e. The van der Waals surface area contributed by atoms with Gasteiger partial charge in [-0.25, -0.2) is 10.0 Å². The number of aliphatic hydroxyl groups is 1. The number of nitrogens with one attached hydrogen (secondary N) is 3. The van der Waals surface area contributed by atoms with E-state index >= 15 is 19.2 Å². The second-order valence-electron chi connectivity index (χ2n) is 27.7. The van der Waals surface area contributed by atoms with Crippen LogP contribution in [0.5, 0.6) is 0 Å². The number of nitrogens with zero attached hydrogens (tertiary/aromatic N) is 9. The van der Waals surface area contributed by atoms with Crippen molar-refractivity contribution in [2.75, 3.05) is 69.0 Å². The fraction of sp³-hybridized carbons (Fsp3) is 0.800. The Bertz CT molecular complexity index is 2560. The van der Waals surface area contributed by atoms with Crippen molar-refractivity contribution in [3.63, 3.8) is 0 Å². The van der Waals surface area contributed by atoms with Crippen LogP contribution in [-0.4, -0.2) is 262 Å². The summed E-state index contributed by atoms with van der Waals surface area (Å²) in [4.78, 5) is 173. The Labute approximate surface area is 537 Å². The van der Waals surface area contributed by atoms with Crippen molar-refractivity contribution in [3.8, 4) is 0 Å². The van der Waals surface area contributed by atoms with E-state index in [0.717, 1.165) is 14.9 Å². The molecule has 3 fully saturated rings. The van der Waals surface area contributed by atoms with Gasteiger partial charge in [-0.2, -0.15) is 0 Å². The zero-order chi connectivity index (χ0) is 69.0. The lowest BCUT2D eigenvalue weighted by Crippen LogP contribution is -2.76. The molecule has 0 saturated carbocycles. The number of carbonyl (C=O) groups is 11. The largest absolute Gasteiger partial charge is 0.390 e. The van der Waals surface area contributed by atoms with Gasteiger partial charge in [0.25, 0.3) is 11.8 Å². The topological polar surface area (TPSA) is 282 Å². The Kier molecular flexibility index (Phi) is 29.4. The Morgan fingerprint density at radius 2 is 1.00 bits per heavy atom. The predicted molar refractivity (Wildman–Crippen MR) is 343 cm³/mol. The maximum atomic E-state index is 15.3. The van der Waals surface area contributed by atoms with Gasteiger partial charge >= 0.3 is 0 Å². The molecule has 0 aromatic carbocycles. The SMILES string of the molecule is C/C=C/C[C@@H](C)[C@@H](O)[C@H]1C(=O)N[C@@H](CC)C(=O)N(C)[C@H](C)C(=O)N(C)[C@@H]([C@H](C)CN2CC(OC)C2)C(=O)N[C@@H](C(C)C)C(=O)N(C)[C@@H](CC(C)C)C(=O)N[C@@H](C)C(=O)N2[C@H](C)C(=O)N2[C@@H](CC(C)C)C(=O)N(C)[C@@H](CC(C)C)C(=O)N(C)[C@@H](C(C)C)C(=O)N1C. The quantitative estimate of drug-likeness (QED) is 0.153. The van der Waals surface area contributed by atoms with E-state index in [4.69, 9.17) is 4.74 Å². The molecule has 3 heterocycles. The number of fused-ring (bicyclic) bond motifs is 1. The van der Waals surface area contributed by atoms with Gasteiger partial charge in [-0.05, 0) is 101 Å². The highest BCUT2D eigenvalue weighted by Crippen LogP contribution is 2.31. The number of hydrazine groups is 1. The number of carbonyl (C=O) groups excluding carboxylic acids is 11. The zero-order valence-corrected chi connectivity index (χ0v) is 58.7. The minimum absolute atomic E-state index is 0.00502. The fourth-order valence-electron chi connectivity index (χ4n) is 12.5. The molecule has 0 unspecified atom stereocenters. The summed E-state index contributed by atoms with van der Waals surface area (Å²) in [7, 11) is 10.1. The monoisotopic (exact) mass is 1270 g/mol. The van der Waals surface area contributed by atoms with E-state index in [-0.39, 0.29) is 49.5 Å². The summed E-state index contributed by atoms with van der Waals surface area (Å²) in [5.41, 5.74) is 0. The smallest absolute Gasteiger partial charge is 0.266 e. The van der Waals surface area contributed by atoms with Gasteiger partial charge in [0.15, 0.2) is 0 Å². The molecule has 0 aromatic heterocycles. The molecule has 3 rings (SSSR count). The average molecular weight is 1270 g/mol. The average Bonchev–Trinajstić information content (AvgIpc) is 0.759. The van der Waals surface area contributed by atoms with E-state index in [1.165, 1.54) is 87.6 Å². The molecule has 4 N–H and O–H groups in total. The summed E-state index contributed by atoms with van der Waals surface area (Å²) >= 11 is 0. The first-order valence-electron chi connectivity index (χ1n) is 32.5.